The maximum absolute atomic E-state index is 11.8. The summed E-state index contributed by atoms with van der Waals surface area (Å²) in [6.45, 7) is 1.18. The minimum absolute atomic E-state index is 0.0319. The topological polar surface area (TPSA) is 91.1 Å². The number of benzene rings is 2. The van der Waals surface area contributed by atoms with Gasteiger partial charge in [0.2, 0.25) is 0 Å². The maximum atomic E-state index is 11.8. The number of methoxy groups -OCH3 is 1. The second-order valence-electron chi connectivity index (χ2n) is 6.17. The number of esters is 1. The van der Waals surface area contributed by atoms with Crippen molar-refractivity contribution in [3.8, 4) is 5.75 Å². The largest absolute Gasteiger partial charge is 0.468 e. The summed E-state index contributed by atoms with van der Waals surface area (Å²) in [5.41, 5.74) is 2.26. The molecule has 0 radical (unpaired) electrons. The van der Waals surface area contributed by atoms with Gasteiger partial charge in [-0.3, -0.25) is 19.8 Å². The first-order valence-electron chi connectivity index (χ1n) is 8.40. The zero-order chi connectivity index (χ0) is 19.2. The first-order valence-corrected chi connectivity index (χ1v) is 8.40. The number of rotatable bonds is 7. The third-order valence-electron chi connectivity index (χ3n) is 4.21. The molecule has 3 rings (SSSR count). The lowest BCUT2D eigenvalue weighted by molar-refractivity contribution is -0.385. The first-order chi connectivity index (χ1) is 13.1. The summed E-state index contributed by atoms with van der Waals surface area (Å²) in [5, 5.41) is 11.3. The second-order valence-corrected chi connectivity index (χ2v) is 6.17. The summed E-state index contributed by atoms with van der Waals surface area (Å²) in [5.74, 6) is 0.198. The number of fused-ring (bicyclic) bond motifs is 1. The Labute approximate surface area is 156 Å². The highest BCUT2D eigenvalue weighted by Gasteiger charge is 2.23. The molecule has 8 nitrogen and oxygen atoms in total. The fourth-order valence-corrected chi connectivity index (χ4v) is 3.00. The number of nitro groups is 1. The molecule has 2 aromatic rings. The minimum atomic E-state index is -0.444. The van der Waals surface area contributed by atoms with E-state index in [4.69, 9.17) is 14.2 Å². The van der Waals surface area contributed by atoms with Crippen molar-refractivity contribution in [1.82, 2.24) is 4.90 Å². The van der Waals surface area contributed by atoms with Crippen LogP contribution in [-0.4, -0.2) is 36.2 Å². The number of nitro benzene ring substituents is 1. The van der Waals surface area contributed by atoms with Crippen molar-refractivity contribution in [2.45, 2.75) is 19.7 Å². The molecule has 0 fully saturated rings. The van der Waals surface area contributed by atoms with Gasteiger partial charge in [-0.25, -0.2) is 0 Å². The minimum Gasteiger partial charge on any atom is -0.468 e. The maximum Gasteiger partial charge on any atom is 0.319 e. The Morgan fingerprint density at radius 2 is 2.04 bits per heavy atom. The van der Waals surface area contributed by atoms with Crippen LogP contribution in [0.1, 0.15) is 16.7 Å². The molecule has 8 heteroatoms. The summed E-state index contributed by atoms with van der Waals surface area (Å²) in [7, 11) is 1.33. The molecule has 0 unspecified atom stereocenters. The van der Waals surface area contributed by atoms with Crippen molar-refractivity contribution in [2.24, 2.45) is 0 Å². The van der Waals surface area contributed by atoms with Gasteiger partial charge < -0.3 is 14.2 Å². The van der Waals surface area contributed by atoms with Crippen molar-refractivity contribution in [2.75, 3.05) is 20.4 Å². The van der Waals surface area contributed by atoms with E-state index in [-0.39, 0.29) is 31.6 Å². The van der Waals surface area contributed by atoms with E-state index in [1.807, 2.05) is 35.2 Å². The molecule has 0 saturated heterocycles. The van der Waals surface area contributed by atoms with Crippen LogP contribution >= 0.6 is 0 Å². The van der Waals surface area contributed by atoms with Gasteiger partial charge in [0.1, 0.15) is 5.75 Å². The number of non-ortho nitro benzene ring substituents is 1. The lowest BCUT2D eigenvalue weighted by Crippen LogP contribution is -2.30. The quantitative estimate of drug-likeness (QED) is 0.419. The van der Waals surface area contributed by atoms with Crippen LogP contribution < -0.4 is 4.74 Å². The summed E-state index contributed by atoms with van der Waals surface area (Å²) in [6.07, 6.45) is 0. The summed E-state index contributed by atoms with van der Waals surface area (Å²) in [6, 6.07) is 12.6. The fourth-order valence-electron chi connectivity index (χ4n) is 3.00. The highest BCUT2D eigenvalue weighted by atomic mass is 16.7. The average molecular weight is 372 g/mol. The van der Waals surface area contributed by atoms with E-state index < -0.39 is 4.92 Å². The molecule has 2 aromatic carbocycles. The molecule has 0 amide bonds. The van der Waals surface area contributed by atoms with Crippen LogP contribution in [0.15, 0.2) is 42.5 Å². The zero-order valence-corrected chi connectivity index (χ0v) is 14.9. The van der Waals surface area contributed by atoms with Gasteiger partial charge in [-0.15, -0.1) is 0 Å². The van der Waals surface area contributed by atoms with Crippen LogP contribution in [0.2, 0.25) is 0 Å². The Bertz CT molecular complexity index is 824. The standard InChI is InChI=1S/C19H20N2O6/c1-25-18(22)11-20(9-14-5-3-2-4-6-14)10-15-7-17(21(23)24)8-16-12-26-13-27-19(15)16/h2-8H,9-13H2,1H3. The van der Waals surface area contributed by atoms with E-state index in [0.717, 1.165) is 5.56 Å². The molecule has 27 heavy (non-hydrogen) atoms. The highest BCUT2D eigenvalue weighted by Crippen LogP contribution is 2.33. The molecule has 0 aliphatic carbocycles. The van der Waals surface area contributed by atoms with Gasteiger partial charge >= 0.3 is 5.97 Å². The molecule has 1 aliphatic rings. The van der Waals surface area contributed by atoms with E-state index in [2.05, 4.69) is 0 Å². The van der Waals surface area contributed by atoms with Crippen LogP contribution in [-0.2, 0) is 34.0 Å². The third-order valence-corrected chi connectivity index (χ3v) is 4.21. The van der Waals surface area contributed by atoms with E-state index in [9.17, 15) is 14.9 Å². The highest BCUT2D eigenvalue weighted by molar-refractivity contribution is 5.71. The van der Waals surface area contributed by atoms with Gasteiger partial charge in [0.15, 0.2) is 6.79 Å². The smallest absolute Gasteiger partial charge is 0.319 e. The van der Waals surface area contributed by atoms with Gasteiger partial charge in [-0.1, -0.05) is 30.3 Å². The van der Waals surface area contributed by atoms with Gasteiger partial charge in [-0.2, -0.15) is 0 Å². The molecule has 142 valence electrons. The predicted octanol–water partition coefficient (Wildman–Crippen LogP) is 2.64. The Morgan fingerprint density at radius 3 is 2.74 bits per heavy atom. The van der Waals surface area contributed by atoms with E-state index in [1.54, 1.807) is 0 Å². The van der Waals surface area contributed by atoms with E-state index >= 15 is 0 Å². The van der Waals surface area contributed by atoms with E-state index in [1.165, 1.54) is 19.2 Å². The number of carbonyl (C=O) groups is 1. The van der Waals surface area contributed by atoms with Gasteiger partial charge in [0.05, 0.1) is 25.2 Å². The first kappa shape index (κ1) is 18.8. The number of carbonyl (C=O) groups excluding carboxylic acids is 1. The van der Waals surface area contributed by atoms with Crippen molar-refractivity contribution in [1.29, 1.82) is 0 Å². The SMILES string of the molecule is COC(=O)CN(Cc1ccccc1)Cc1cc([N+](=O)[O-])cc2c1OCOC2. The van der Waals surface area contributed by atoms with Gasteiger partial charge in [0.25, 0.3) is 5.69 Å². The van der Waals surface area contributed by atoms with E-state index in [0.29, 0.717) is 30.0 Å². The fraction of sp³-hybridized carbons (Fsp3) is 0.316. The molecule has 0 atom stereocenters. The van der Waals surface area contributed by atoms with Crippen LogP contribution in [0.3, 0.4) is 0 Å². The lowest BCUT2D eigenvalue weighted by Gasteiger charge is -2.25. The van der Waals surface area contributed by atoms with Crippen LogP contribution in [0.5, 0.6) is 5.75 Å². The average Bonchev–Trinajstić information content (AvgIpc) is 2.68. The number of hydrogen-bond acceptors (Lipinski definition) is 7. The van der Waals surface area contributed by atoms with Crippen LogP contribution in [0.4, 0.5) is 5.69 Å². The molecule has 0 saturated carbocycles. The number of hydrogen-bond donors (Lipinski definition) is 0. The van der Waals surface area contributed by atoms with Gasteiger partial charge in [-0.05, 0) is 5.56 Å². The molecule has 1 heterocycles. The van der Waals surface area contributed by atoms with Crippen molar-refractivity contribution in [3.05, 3.63) is 69.3 Å². The van der Waals surface area contributed by atoms with Crippen molar-refractivity contribution < 1.29 is 23.9 Å². The number of nitrogens with zero attached hydrogens (tertiary/aromatic N) is 2. The Balaban J connectivity index is 1.90. The van der Waals surface area contributed by atoms with Crippen LogP contribution in [0, 0.1) is 10.1 Å². The Kier molecular flexibility index (Phi) is 6.00. The Hall–Kier alpha value is -2.97. The van der Waals surface area contributed by atoms with Crippen molar-refractivity contribution >= 4 is 11.7 Å². The molecule has 0 spiro atoms. The third kappa shape index (κ3) is 4.81. The zero-order valence-electron chi connectivity index (χ0n) is 14.9. The molecule has 0 bridgehead atoms. The number of ether oxygens (including phenoxy) is 3. The summed E-state index contributed by atoms with van der Waals surface area (Å²) < 4.78 is 15.6. The molecule has 0 N–H and O–H groups in total. The molecule has 0 aromatic heterocycles. The summed E-state index contributed by atoms with van der Waals surface area (Å²) in [4.78, 5) is 24.5. The molecular formula is C19H20N2O6. The normalized spacial score (nSPS) is 13.0. The second kappa shape index (κ2) is 8.61. The summed E-state index contributed by atoms with van der Waals surface area (Å²) >= 11 is 0. The Morgan fingerprint density at radius 1 is 1.26 bits per heavy atom. The molecular weight excluding hydrogens is 352 g/mol. The molecule has 1 aliphatic heterocycles. The van der Waals surface area contributed by atoms with Gasteiger partial charge in [0, 0.05) is 36.3 Å². The van der Waals surface area contributed by atoms with Crippen LogP contribution in [0.25, 0.3) is 0 Å². The lowest BCUT2D eigenvalue weighted by atomic mass is 10.1. The van der Waals surface area contributed by atoms with Crippen molar-refractivity contribution in [3.63, 3.8) is 0 Å². The predicted molar refractivity (Wildman–Crippen MR) is 96.0 cm³/mol. The monoisotopic (exact) mass is 372 g/mol.